The molecule has 2 N–H and O–H groups in total. The first-order chi connectivity index (χ1) is 13.4. The fourth-order valence-electron chi connectivity index (χ4n) is 2.90. The highest BCUT2D eigenvalue weighted by atomic mass is 16.5. The average Bonchev–Trinajstić information content (AvgIpc) is 3.13. The summed E-state index contributed by atoms with van der Waals surface area (Å²) in [7, 11) is 0. The third kappa shape index (κ3) is 4.68. The summed E-state index contributed by atoms with van der Waals surface area (Å²) in [6.07, 6.45) is 1.40. The van der Waals surface area contributed by atoms with Crippen LogP contribution in [0.25, 0.3) is 0 Å². The molecule has 0 bridgehead atoms. The number of carbonyl (C=O) groups excluding carboxylic acids is 3. The number of nitrogens with one attached hydrogen (secondary N) is 2. The highest BCUT2D eigenvalue weighted by molar-refractivity contribution is 5.98. The van der Waals surface area contributed by atoms with Crippen LogP contribution in [0.4, 0.5) is 5.69 Å². The van der Waals surface area contributed by atoms with Crippen molar-refractivity contribution in [1.82, 2.24) is 10.9 Å². The molecule has 0 spiro atoms. The van der Waals surface area contributed by atoms with E-state index in [0.29, 0.717) is 24.3 Å². The zero-order valence-electron chi connectivity index (χ0n) is 16.0. The molecule has 7 nitrogen and oxygen atoms in total. The van der Waals surface area contributed by atoms with Crippen molar-refractivity contribution < 1.29 is 19.1 Å². The smallest absolute Gasteiger partial charge is 0.276 e. The first-order valence-electron chi connectivity index (χ1n) is 9.14. The summed E-state index contributed by atoms with van der Waals surface area (Å²) in [6, 6.07) is 12.3. The largest absolute Gasteiger partial charge is 0.484 e. The maximum absolute atomic E-state index is 12.2. The first kappa shape index (κ1) is 19.4. The zero-order chi connectivity index (χ0) is 20.1. The molecule has 0 aromatic heterocycles. The second kappa shape index (κ2) is 8.56. The number of aryl methyl sites for hydroxylation is 2. The summed E-state index contributed by atoms with van der Waals surface area (Å²) >= 11 is 0. The Hall–Kier alpha value is -3.35. The van der Waals surface area contributed by atoms with Crippen LogP contribution in [0.3, 0.4) is 0 Å². The molecule has 3 rings (SSSR count). The third-order valence-corrected chi connectivity index (χ3v) is 4.68. The molecule has 1 fully saturated rings. The lowest BCUT2D eigenvalue weighted by Gasteiger charge is -2.16. The second-order valence-electron chi connectivity index (χ2n) is 6.73. The Morgan fingerprint density at radius 1 is 1.04 bits per heavy atom. The highest BCUT2D eigenvalue weighted by Crippen LogP contribution is 2.21. The van der Waals surface area contributed by atoms with Gasteiger partial charge in [0.25, 0.3) is 11.8 Å². The number of amides is 3. The van der Waals surface area contributed by atoms with Crippen molar-refractivity contribution in [3.8, 4) is 5.75 Å². The van der Waals surface area contributed by atoms with E-state index in [2.05, 4.69) is 10.9 Å². The van der Waals surface area contributed by atoms with Gasteiger partial charge in [0, 0.05) is 24.2 Å². The van der Waals surface area contributed by atoms with Crippen LogP contribution >= 0.6 is 0 Å². The molecule has 2 aromatic rings. The van der Waals surface area contributed by atoms with Crippen molar-refractivity contribution in [3.63, 3.8) is 0 Å². The van der Waals surface area contributed by atoms with Crippen LogP contribution in [-0.4, -0.2) is 30.9 Å². The van der Waals surface area contributed by atoms with Gasteiger partial charge in [0.05, 0.1) is 0 Å². The maximum Gasteiger partial charge on any atom is 0.276 e. The van der Waals surface area contributed by atoms with E-state index >= 15 is 0 Å². The molecule has 0 aliphatic carbocycles. The van der Waals surface area contributed by atoms with Gasteiger partial charge in [0.15, 0.2) is 6.61 Å². The van der Waals surface area contributed by atoms with Gasteiger partial charge < -0.3 is 9.64 Å². The summed E-state index contributed by atoms with van der Waals surface area (Å²) < 4.78 is 5.42. The van der Waals surface area contributed by atoms with Crippen LogP contribution in [0.1, 0.15) is 34.3 Å². The molecular formula is C21H23N3O4. The molecule has 2 aromatic carbocycles. The highest BCUT2D eigenvalue weighted by Gasteiger charge is 2.21. The standard InChI is InChI=1S/C21H23N3O4/c1-14-5-10-18(12-15(14)2)28-13-19(25)22-23-21(27)16-6-8-17(9-7-16)24-11-3-4-20(24)26/h5-10,12H,3-4,11,13H2,1-2H3,(H,22,25)(H,23,27). The van der Waals surface area contributed by atoms with Gasteiger partial charge in [-0.2, -0.15) is 0 Å². The number of hydrazine groups is 1. The van der Waals surface area contributed by atoms with Crippen LogP contribution < -0.4 is 20.5 Å². The molecule has 1 heterocycles. The van der Waals surface area contributed by atoms with E-state index in [-0.39, 0.29) is 12.5 Å². The van der Waals surface area contributed by atoms with E-state index in [1.165, 1.54) is 0 Å². The van der Waals surface area contributed by atoms with E-state index in [0.717, 1.165) is 23.2 Å². The lowest BCUT2D eigenvalue weighted by atomic mass is 10.1. The van der Waals surface area contributed by atoms with Crippen molar-refractivity contribution >= 4 is 23.4 Å². The summed E-state index contributed by atoms with van der Waals surface area (Å²) in [5.74, 6) is -0.227. The van der Waals surface area contributed by atoms with Crippen LogP contribution in [0.5, 0.6) is 5.75 Å². The van der Waals surface area contributed by atoms with Gasteiger partial charge in [0.2, 0.25) is 5.91 Å². The molecule has 1 aliphatic rings. The lowest BCUT2D eigenvalue weighted by molar-refractivity contribution is -0.123. The van der Waals surface area contributed by atoms with E-state index in [1.54, 1.807) is 35.2 Å². The first-order valence-corrected chi connectivity index (χ1v) is 9.14. The average molecular weight is 381 g/mol. The van der Waals surface area contributed by atoms with Gasteiger partial charge in [-0.15, -0.1) is 0 Å². The predicted molar refractivity (Wildman–Crippen MR) is 105 cm³/mol. The number of benzene rings is 2. The number of carbonyl (C=O) groups is 3. The Kier molecular flexibility index (Phi) is 5.93. The number of anilines is 1. The number of nitrogens with zero attached hydrogens (tertiary/aromatic N) is 1. The topological polar surface area (TPSA) is 87.7 Å². The third-order valence-electron chi connectivity index (χ3n) is 4.68. The van der Waals surface area contributed by atoms with Crippen LogP contribution in [0.15, 0.2) is 42.5 Å². The summed E-state index contributed by atoms with van der Waals surface area (Å²) in [5.41, 5.74) is 8.05. The normalized spacial score (nSPS) is 13.4. The molecule has 3 amide bonds. The molecule has 0 atom stereocenters. The minimum Gasteiger partial charge on any atom is -0.484 e. The molecule has 1 aliphatic heterocycles. The minimum absolute atomic E-state index is 0.0910. The molecular weight excluding hydrogens is 358 g/mol. The van der Waals surface area contributed by atoms with Gasteiger partial charge >= 0.3 is 0 Å². The number of hydrogen-bond acceptors (Lipinski definition) is 4. The SMILES string of the molecule is Cc1ccc(OCC(=O)NNC(=O)c2ccc(N3CCCC3=O)cc2)cc1C. The Bertz CT molecular complexity index is 893. The predicted octanol–water partition coefficient (Wildman–Crippen LogP) is 2.27. The number of hydrogen-bond donors (Lipinski definition) is 2. The number of ether oxygens (including phenoxy) is 1. The lowest BCUT2D eigenvalue weighted by Crippen LogP contribution is -2.43. The fraction of sp³-hybridized carbons (Fsp3) is 0.286. The fourth-order valence-corrected chi connectivity index (χ4v) is 2.90. The Balaban J connectivity index is 1.47. The molecule has 0 saturated carbocycles. The number of rotatable bonds is 5. The van der Waals surface area contributed by atoms with E-state index in [1.807, 2.05) is 26.0 Å². The van der Waals surface area contributed by atoms with Gasteiger partial charge in [0.1, 0.15) is 5.75 Å². The van der Waals surface area contributed by atoms with Gasteiger partial charge in [-0.25, -0.2) is 0 Å². The summed E-state index contributed by atoms with van der Waals surface area (Å²) in [4.78, 5) is 37.5. The molecule has 0 radical (unpaired) electrons. The molecule has 146 valence electrons. The monoisotopic (exact) mass is 381 g/mol. The van der Waals surface area contributed by atoms with Crippen LogP contribution in [-0.2, 0) is 9.59 Å². The van der Waals surface area contributed by atoms with Crippen molar-refractivity contribution in [1.29, 1.82) is 0 Å². The second-order valence-corrected chi connectivity index (χ2v) is 6.73. The summed E-state index contributed by atoms with van der Waals surface area (Å²) in [5, 5.41) is 0. The molecule has 7 heteroatoms. The van der Waals surface area contributed by atoms with E-state index in [9.17, 15) is 14.4 Å². The van der Waals surface area contributed by atoms with Crippen molar-refractivity contribution in [2.45, 2.75) is 26.7 Å². The molecule has 1 saturated heterocycles. The van der Waals surface area contributed by atoms with E-state index < -0.39 is 11.8 Å². The van der Waals surface area contributed by atoms with Crippen LogP contribution in [0.2, 0.25) is 0 Å². The summed E-state index contributed by atoms with van der Waals surface area (Å²) in [6.45, 7) is 4.45. The van der Waals surface area contributed by atoms with Crippen molar-refractivity contribution in [2.24, 2.45) is 0 Å². The van der Waals surface area contributed by atoms with Gasteiger partial charge in [-0.1, -0.05) is 6.07 Å². The van der Waals surface area contributed by atoms with Crippen LogP contribution in [0, 0.1) is 13.8 Å². The Morgan fingerprint density at radius 3 is 2.43 bits per heavy atom. The molecule has 28 heavy (non-hydrogen) atoms. The van der Waals surface area contributed by atoms with Gasteiger partial charge in [-0.05, 0) is 67.8 Å². The molecule has 0 unspecified atom stereocenters. The zero-order valence-corrected chi connectivity index (χ0v) is 16.0. The maximum atomic E-state index is 12.2. The van der Waals surface area contributed by atoms with E-state index in [4.69, 9.17) is 4.74 Å². The Labute approximate surface area is 163 Å². The van der Waals surface area contributed by atoms with Gasteiger partial charge in [-0.3, -0.25) is 25.2 Å². The van der Waals surface area contributed by atoms with Crippen molar-refractivity contribution in [3.05, 3.63) is 59.2 Å². The Morgan fingerprint density at radius 2 is 1.79 bits per heavy atom. The quantitative estimate of drug-likeness (QED) is 0.778. The minimum atomic E-state index is -0.467. The van der Waals surface area contributed by atoms with Crippen molar-refractivity contribution in [2.75, 3.05) is 18.1 Å².